The second kappa shape index (κ2) is 11.9. The van der Waals surface area contributed by atoms with E-state index in [2.05, 4.69) is 5.32 Å². The molecule has 0 aliphatic carbocycles. The standard InChI is InChI=1S/C26H21Cl4N3O3S/c1-36-23-9-8-19(13-21(23)30)33-25(35)22(14-24(34)31-18-6-4-16(27)5-7-18)32(26(33)37)11-10-15-2-3-17(28)12-20(15)29/h2-9,12-13,22H,10-11,14H2,1H3,(H,31,34)/t22-/m0/s1. The number of carbonyl (C=O) groups excluding carboxylic acids is 2. The van der Waals surface area contributed by atoms with Gasteiger partial charge in [-0.05, 0) is 78.8 Å². The summed E-state index contributed by atoms with van der Waals surface area (Å²) in [4.78, 5) is 29.7. The summed E-state index contributed by atoms with van der Waals surface area (Å²) < 4.78 is 5.22. The van der Waals surface area contributed by atoms with E-state index in [1.165, 1.54) is 12.0 Å². The third-order valence-corrected chi connectivity index (χ3v) is 7.41. The van der Waals surface area contributed by atoms with Crippen LogP contribution in [-0.2, 0) is 16.0 Å². The maximum absolute atomic E-state index is 13.6. The first-order valence-electron chi connectivity index (χ1n) is 11.2. The summed E-state index contributed by atoms with van der Waals surface area (Å²) in [7, 11) is 1.51. The number of halogens is 4. The minimum absolute atomic E-state index is 0.115. The summed E-state index contributed by atoms with van der Waals surface area (Å²) in [6, 6.07) is 16.1. The Balaban J connectivity index is 1.59. The fraction of sp³-hybridized carbons (Fsp3) is 0.192. The van der Waals surface area contributed by atoms with Gasteiger partial charge in [-0.1, -0.05) is 52.5 Å². The van der Waals surface area contributed by atoms with Crippen molar-refractivity contribution >= 4 is 86.9 Å². The van der Waals surface area contributed by atoms with Crippen molar-refractivity contribution in [3.63, 3.8) is 0 Å². The van der Waals surface area contributed by atoms with Crippen LogP contribution in [0.3, 0.4) is 0 Å². The van der Waals surface area contributed by atoms with Crippen molar-refractivity contribution < 1.29 is 14.3 Å². The van der Waals surface area contributed by atoms with Crippen LogP contribution in [-0.4, -0.2) is 41.5 Å². The lowest BCUT2D eigenvalue weighted by Gasteiger charge is -2.24. The van der Waals surface area contributed by atoms with Gasteiger partial charge in [0.1, 0.15) is 11.8 Å². The molecule has 1 N–H and O–H groups in total. The highest BCUT2D eigenvalue weighted by molar-refractivity contribution is 7.80. The van der Waals surface area contributed by atoms with Crippen LogP contribution in [0.25, 0.3) is 0 Å². The molecule has 1 aliphatic heterocycles. The Kier molecular flexibility index (Phi) is 8.82. The van der Waals surface area contributed by atoms with E-state index in [1.54, 1.807) is 59.5 Å². The van der Waals surface area contributed by atoms with Crippen LogP contribution in [0.15, 0.2) is 60.7 Å². The molecule has 11 heteroatoms. The van der Waals surface area contributed by atoms with Crippen molar-refractivity contribution in [2.75, 3.05) is 23.9 Å². The van der Waals surface area contributed by atoms with E-state index < -0.39 is 6.04 Å². The highest BCUT2D eigenvalue weighted by Crippen LogP contribution is 2.34. The molecule has 1 atom stereocenters. The van der Waals surface area contributed by atoms with Gasteiger partial charge in [0.15, 0.2) is 5.11 Å². The molecule has 1 aliphatic rings. The van der Waals surface area contributed by atoms with Crippen LogP contribution in [0.1, 0.15) is 12.0 Å². The van der Waals surface area contributed by atoms with E-state index in [1.807, 2.05) is 6.07 Å². The van der Waals surface area contributed by atoms with E-state index in [-0.39, 0.29) is 23.3 Å². The van der Waals surface area contributed by atoms with Crippen LogP contribution >= 0.6 is 58.6 Å². The molecule has 0 bridgehead atoms. The number of carbonyl (C=O) groups is 2. The maximum atomic E-state index is 13.6. The predicted molar refractivity (Wildman–Crippen MR) is 153 cm³/mol. The number of methoxy groups -OCH3 is 1. The van der Waals surface area contributed by atoms with Crippen LogP contribution in [0, 0.1) is 0 Å². The average molecular weight is 597 g/mol. The quantitative estimate of drug-likeness (QED) is 0.287. The third-order valence-electron chi connectivity index (χ3n) is 5.86. The molecule has 0 unspecified atom stereocenters. The Labute approximate surface area is 240 Å². The zero-order valence-electron chi connectivity index (χ0n) is 19.5. The first kappa shape index (κ1) is 27.5. The lowest BCUT2D eigenvalue weighted by Crippen LogP contribution is -2.39. The number of hydrogen-bond acceptors (Lipinski definition) is 4. The number of ether oxygens (including phenoxy) is 1. The molecule has 0 saturated carbocycles. The van der Waals surface area contributed by atoms with Gasteiger partial charge in [0, 0.05) is 27.3 Å². The Bertz CT molecular complexity index is 1350. The number of rotatable bonds is 8. The molecule has 192 valence electrons. The van der Waals surface area contributed by atoms with Crippen molar-refractivity contribution in [3.05, 3.63) is 86.3 Å². The lowest BCUT2D eigenvalue weighted by molar-refractivity contribution is -0.124. The monoisotopic (exact) mass is 595 g/mol. The molecule has 0 aromatic heterocycles. The van der Waals surface area contributed by atoms with Crippen LogP contribution in [0.2, 0.25) is 20.1 Å². The molecular weight excluding hydrogens is 576 g/mol. The maximum Gasteiger partial charge on any atom is 0.256 e. The van der Waals surface area contributed by atoms with E-state index in [9.17, 15) is 9.59 Å². The number of benzene rings is 3. The fourth-order valence-corrected chi connectivity index (χ4v) is 5.30. The van der Waals surface area contributed by atoms with Crippen molar-refractivity contribution in [3.8, 4) is 5.75 Å². The highest BCUT2D eigenvalue weighted by atomic mass is 35.5. The molecular formula is C26H21Cl4N3O3S. The van der Waals surface area contributed by atoms with Gasteiger partial charge in [0.25, 0.3) is 5.91 Å². The van der Waals surface area contributed by atoms with Gasteiger partial charge in [-0.2, -0.15) is 0 Å². The van der Waals surface area contributed by atoms with Gasteiger partial charge in [0.05, 0.1) is 24.2 Å². The first-order chi connectivity index (χ1) is 17.7. The lowest BCUT2D eigenvalue weighted by atomic mass is 10.1. The summed E-state index contributed by atoms with van der Waals surface area (Å²) >= 11 is 30.4. The van der Waals surface area contributed by atoms with Crippen LogP contribution in [0.4, 0.5) is 11.4 Å². The van der Waals surface area contributed by atoms with E-state index in [4.69, 9.17) is 63.4 Å². The Morgan fingerprint density at radius 1 is 0.973 bits per heavy atom. The number of hydrogen-bond donors (Lipinski definition) is 1. The molecule has 0 radical (unpaired) electrons. The molecule has 1 heterocycles. The van der Waals surface area contributed by atoms with Gasteiger partial charge in [0.2, 0.25) is 5.91 Å². The predicted octanol–water partition coefficient (Wildman–Crippen LogP) is 6.88. The van der Waals surface area contributed by atoms with E-state index >= 15 is 0 Å². The van der Waals surface area contributed by atoms with Crippen molar-refractivity contribution in [2.45, 2.75) is 18.9 Å². The number of thiocarbonyl (C=S) groups is 1. The summed E-state index contributed by atoms with van der Waals surface area (Å²) in [5.74, 6) is -0.205. The van der Waals surface area contributed by atoms with E-state index in [0.717, 1.165) is 5.56 Å². The number of nitrogens with one attached hydrogen (secondary N) is 1. The van der Waals surface area contributed by atoms with Gasteiger partial charge in [-0.25, -0.2) is 0 Å². The zero-order chi connectivity index (χ0) is 26.7. The largest absolute Gasteiger partial charge is 0.495 e. The Hall–Kier alpha value is -2.55. The van der Waals surface area contributed by atoms with Gasteiger partial charge < -0.3 is 15.0 Å². The molecule has 6 nitrogen and oxygen atoms in total. The minimum Gasteiger partial charge on any atom is -0.495 e. The molecule has 3 aromatic rings. The first-order valence-corrected chi connectivity index (χ1v) is 13.1. The van der Waals surface area contributed by atoms with Crippen molar-refractivity contribution in [2.24, 2.45) is 0 Å². The number of nitrogens with zero attached hydrogens (tertiary/aromatic N) is 2. The van der Waals surface area contributed by atoms with Crippen molar-refractivity contribution in [1.82, 2.24) is 4.90 Å². The average Bonchev–Trinajstić information content (AvgIpc) is 3.08. The number of anilines is 2. The molecule has 0 spiro atoms. The summed E-state index contributed by atoms with van der Waals surface area (Å²) in [6.45, 7) is 0.352. The van der Waals surface area contributed by atoms with Gasteiger partial charge in [-0.15, -0.1) is 0 Å². The zero-order valence-corrected chi connectivity index (χ0v) is 23.4. The summed E-state index contributed by atoms with van der Waals surface area (Å²) in [5.41, 5.74) is 1.90. The van der Waals surface area contributed by atoms with E-state index in [0.29, 0.717) is 50.2 Å². The van der Waals surface area contributed by atoms with Gasteiger partial charge >= 0.3 is 0 Å². The van der Waals surface area contributed by atoms with Crippen LogP contribution < -0.4 is 15.0 Å². The molecule has 2 amide bonds. The van der Waals surface area contributed by atoms with Crippen LogP contribution in [0.5, 0.6) is 5.75 Å². The molecule has 1 saturated heterocycles. The van der Waals surface area contributed by atoms with Crippen molar-refractivity contribution in [1.29, 1.82) is 0 Å². The molecule has 1 fully saturated rings. The molecule has 4 rings (SSSR count). The number of amides is 2. The topological polar surface area (TPSA) is 61.9 Å². The fourth-order valence-electron chi connectivity index (χ4n) is 4.01. The third kappa shape index (κ3) is 6.30. The minimum atomic E-state index is -0.827. The second-order valence-corrected chi connectivity index (χ2v) is 10.3. The normalized spacial score (nSPS) is 15.3. The molecule has 37 heavy (non-hydrogen) atoms. The Morgan fingerprint density at radius 2 is 1.68 bits per heavy atom. The summed E-state index contributed by atoms with van der Waals surface area (Å²) in [6.07, 6.45) is 0.367. The second-order valence-electron chi connectivity index (χ2n) is 8.23. The smallest absolute Gasteiger partial charge is 0.256 e. The van der Waals surface area contributed by atoms with Gasteiger partial charge in [-0.3, -0.25) is 14.5 Å². The highest BCUT2D eigenvalue weighted by Gasteiger charge is 2.44. The Morgan fingerprint density at radius 3 is 2.32 bits per heavy atom. The summed E-state index contributed by atoms with van der Waals surface area (Å²) in [5, 5.41) is 5.00. The molecule has 3 aromatic carbocycles. The SMILES string of the molecule is COc1ccc(N2C(=O)[C@H](CC(=O)Nc3ccc(Cl)cc3)N(CCc3ccc(Cl)cc3Cl)C2=S)cc1Cl.